The number of anilines is 1. The molecule has 0 atom stereocenters. The molecule has 0 amide bonds. The van der Waals surface area contributed by atoms with Crippen LogP contribution < -0.4 is 5.32 Å². The average molecular weight is 296 g/mol. The molecule has 118 valence electrons. The molecule has 0 aromatic carbocycles. The van der Waals surface area contributed by atoms with Crippen LogP contribution in [0, 0.1) is 17.0 Å². The maximum atomic E-state index is 11.1. The smallest absolute Gasteiger partial charge is 0.333 e. The van der Waals surface area contributed by atoms with E-state index in [4.69, 9.17) is 4.74 Å². The molecule has 7 nitrogen and oxygen atoms in total. The second-order valence-corrected chi connectivity index (χ2v) is 5.41. The normalized spacial score (nSPS) is 16.1. The van der Waals surface area contributed by atoms with Crippen molar-refractivity contribution in [2.75, 3.05) is 18.5 Å². The summed E-state index contributed by atoms with van der Waals surface area (Å²) in [5.74, 6) is 0.479. The van der Waals surface area contributed by atoms with Crippen molar-refractivity contribution in [1.82, 2.24) is 9.78 Å². The van der Waals surface area contributed by atoms with Crippen molar-refractivity contribution in [2.24, 2.45) is 0 Å². The monoisotopic (exact) mass is 296 g/mol. The molecule has 0 spiro atoms. The number of hydrogen-bond donors (Lipinski definition) is 1. The molecule has 1 aromatic rings. The van der Waals surface area contributed by atoms with Gasteiger partial charge in [-0.1, -0.05) is 19.3 Å². The summed E-state index contributed by atoms with van der Waals surface area (Å²) in [4.78, 5) is 10.8. The maximum Gasteiger partial charge on any atom is 0.333 e. The summed E-state index contributed by atoms with van der Waals surface area (Å²) in [5.41, 5.74) is 0.507. The first kappa shape index (κ1) is 15.8. The number of aryl methyl sites for hydroxylation is 2. The van der Waals surface area contributed by atoms with Crippen molar-refractivity contribution >= 4 is 11.5 Å². The fraction of sp³-hybridized carbons (Fsp3) is 0.786. The summed E-state index contributed by atoms with van der Waals surface area (Å²) >= 11 is 0. The number of nitrogens with one attached hydrogen (secondary N) is 1. The number of ether oxygens (including phenoxy) is 1. The third-order valence-corrected chi connectivity index (χ3v) is 3.88. The van der Waals surface area contributed by atoms with Crippen LogP contribution in [0.1, 0.15) is 44.7 Å². The van der Waals surface area contributed by atoms with Crippen LogP contribution in [0.4, 0.5) is 11.5 Å². The van der Waals surface area contributed by atoms with Gasteiger partial charge in [-0.2, -0.15) is 5.10 Å². The van der Waals surface area contributed by atoms with E-state index < -0.39 is 0 Å². The number of nitro groups is 1. The van der Waals surface area contributed by atoms with E-state index in [1.807, 2.05) is 6.92 Å². The molecule has 0 aliphatic heterocycles. The fourth-order valence-electron chi connectivity index (χ4n) is 2.82. The molecule has 1 aliphatic carbocycles. The summed E-state index contributed by atoms with van der Waals surface area (Å²) in [6, 6.07) is 0. The van der Waals surface area contributed by atoms with Crippen molar-refractivity contribution in [3.05, 3.63) is 15.8 Å². The summed E-state index contributed by atoms with van der Waals surface area (Å²) < 4.78 is 7.46. The third-order valence-electron chi connectivity index (χ3n) is 3.88. The molecule has 7 heteroatoms. The van der Waals surface area contributed by atoms with E-state index in [0.717, 1.165) is 12.8 Å². The fourth-order valence-corrected chi connectivity index (χ4v) is 2.82. The SMILES string of the molecule is CCn1nc(C)c([N+](=O)[O-])c1NCCOC1CCCCC1. The molecular weight excluding hydrogens is 272 g/mol. The highest BCUT2D eigenvalue weighted by atomic mass is 16.6. The highest BCUT2D eigenvalue weighted by Gasteiger charge is 2.24. The first-order chi connectivity index (χ1) is 10.1. The van der Waals surface area contributed by atoms with Gasteiger partial charge in [0.2, 0.25) is 5.82 Å². The van der Waals surface area contributed by atoms with E-state index >= 15 is 0 Å². The number of nitrogens with zero attached hydrogens (tertiary/aromatic N) is 3. The van der Waals surface area contributed by atoms with Crippen LogP contribution in [-0.4, -0.2) is 34.0 Å². The summed E-state index contributed by atoms with van der Waals surface area (Å²) in [6.45, 7) is 5.30. The van der Waals surface area contributed by atoms with E-state index in [2.05, 4.69) is 10.4 Å². The molecule has 1 heterocycles. The average Bonchev–Trinajstić information content (AvgIpc) is 2.80. The Balaban J connectivity index is 1.88. The molecule has 0 unspecified atom stereocenters. The van der Waals surface area contributed by atoms with E-state index in [0.29, 0.717) is 37.3 Å². The molecule has 2 rings (SSSR count). The second-order valence-electron chi connectivity index (χ2n) is 5.41. The minimum Gasteiger partial charge on any atom is -0.376 e. The Morgan fingerprint density at radius 1 is 1.43 bits per heavy atom. The highest BCUT2D eigenvalue weighted by Crippen LogP contribution is 2.28. The Morgan fingerprint density at radius 3 is 2.76 bits per heavy atom. The number of hydrogen-bond acceptors (Lipinski definition) is 5. The van der Waals surface area contributed by atoms with E-state index in [9.17, 15) is 10.1 Å². The van der Waals surface area contributed by atoms with Gasteiger partial charge in [-0.05, 0) is 26.7 Å². The zero-order chi connectivity index (χ0) is 15.2. The number of rotatable bonds is 7. The molecule has 1 fully saturated rings. The van der Waals surface area contributed by atoms with Gasteiger partial charge in [0, 0.05) is 13.1 Å². The molecule has 0 bridgehead atoms. The molecule has 1 N–H and O–H groups in total. The minimum atomic E-state index is -0.376. The predicted molar refractivity (Wildman–Crippen MR) is 80.6 cm³/mol. The lowest BCUT2D eigenvalue weighted by atomic mass is 9.98. The third kappa shape index (κ3) is 3.93. The maximum absolute atomic E-state index is 11.1. The van der Waals surface area contributed by atoms with Gasteiger partial charge in [0.15, 0.2) is 0 Å². The van der Waals surface area contributed by atoms with Crippen molar-refractivity contribution < 1.29 is 9.66 Å². The Kier molecular flexibility index (Phi) is 5.55. The zero-order valence-electron chi connectivity index (χ0n) is 12.8. The lowest BCUT2D eigenvalue weighted by Gasteiger charge is -2.22. The largest absolute Gasteiger partial charge is 0.376 e. The Bertz CT molecular complexity index is 481. The molecule has 1 saturated carbocycles. The van der Waals surface area contributed by atoms with Crippen molar-refractivity contribution in [2.45, 2.75) is 58.6 Å². The Labute approximate surface area is 124 Å². The van der Waals surface area contributed by atoms with Crippen LogP contribution in [-0.2, 0) is 11.3 Å². The van der Waals surface area contributed by atoms with Crippen molar-refractivity contribution in [3.63, 3.8) is 0 Å². The van der Waals surface area contributed by atoms with Crippen molar-refractivity contribution in [1.29, 1.82) is 0 Å². The van der Waals surface area contributed by atoms with E-state index in [-0.39, 0.29) is 10.6 Å². The standard InChI is InChI=1S/C14H24N4O3/c1-3-17-14(13(18(19)20)11(2)16-17)15-9-10-21-12-7-5-4-6-8-12/h12,15H,3-10H2,1-2H3. The van der Waals surface area contributed by atoms with E-state index in [1.165, 1.54) is 19.3 Å². The van der Waals surface area contributed by atoms with Gasteiger partial charge in [-0.15, -0.1) is 0 Å². The Morgan fingerprint density at radius 2 is 2.14 bits per heavy atom. The minimum absolute atomic E-state index is 0.0644. The van der Waals surface area contributed by atoms with Gasteiger partial charge in [0.25, 0.3) is 0 Å². The first-order valence-electron chi connectivity index (χ1n) is 7.70. The van der Waals surface area contributed by atoms with Crippen LogP contribution in [0.5, 0.6) is 0 Å². The van der Waals surface area contributed by atoms with Crippen LogP contribution in [0.15, 0.2) is 0 Å². The zero-order valence-corrected chi connectivity index (χ0v) is 12.8. The van der Waals surface area contributed by atoms with Gasteiger partial charge in [-0.3, -0.25) is 10.1 Å². The summed E-state index contributed by atoms with van der Waals surface area (Å²) in [6.07, 6.45) is 6.40. The molecule has 1 aliphatic rings. The van der Waals surface area contributed by atoms with Crippen LogP contribution in [0.2, 0.25) is 0 Å². The molecule has 21 heavy (non-hydrogen) atoms. The lowest BCUT2D eigenvalue weighted by Crippen LogP contribution is -2.21. The lowest BCUT2D eigenvalue weighted by molar-refractivity contribution is -0.384. The quantitative estimate of drug-likeness (QED) is 0.475. The van der Waals surface area contributed by atoms with Crippen LogP contribution >= 0.6 is 0 Å². The highest BCUT2D eigenvalue weighted by molar-refractivity contribution is 5.59. The van der Waals surface area contributed by atoms with Gasteiger partial charge < -0.3 is 10.1 Å². The molecular formula is C14H24N4O3. The molecule has 0 radical (unpaired) electrons. The summed E-state index contributed by atoms with van der Waals surface area (Å²) in [5, 5.41) is 18.4. The van der Waals surface area contributed by atoms with Gasteiger partial charge in [0.1, 0.15) is 5.69 Å². The topological polar surface area (TPSA) is 82.2 Å². The second kappa shape index (κ2) is 7.40. The number of aromatic nitrogens is 2. The summed E-state index contributed by atoms with van der Waals surface area (Å²) in [7, 11) is 0. The molecule has 0 saturated heterocycles. The first-order valence-corrected chi connectivity index (χ1v) is 7.70. The van der Waals surface area contributed by atoms with Crippen molar-refractivity contribution in [3.8, 4) is 0 Å². The Hall–Kier alpha value is -1.63. The molecule has 1 aromatic heterocycles. The van der Waals surface area contributed by atoms with Gasteiger partial charge in [-0.25, -0.2) is 4.68 Å². The van der Waals surface area contributed by atoms with E-state index in [1.54, 1.807) is 11.6 Å². The van der Waals surface area contributed by atoms with Gasteiger partial charge >= 0.3 is 5.69 Å². The predicted octanol–water partition coefficient (Wildman–Crippen LogP) is 2.88. The van der Waals surface area contributed by atoms with Crippen LogP contribution in [0.3, 0.4) is 0 Å². The van der Waals surface area contributed by atoms with Gasteiger partial charge in [0.05, 0.1) is 17.6 Å². The van der Waals surface area contributed by atoms with Crippen LogP contribution in [0.25, 0.3) is 0 Å².